The summed E-state index contributed by atoms with van der Waals surface area (Å²) in [5.41, 5.74) is -0.0459. The summed E-state index contributed by atoms with van der Waals surface area (Å²) < 4.78 is 45.3. The highest BCUT2D eigenvalue weighted by Crippen LogP contribution is 2.35. The number of halogens is 3. The van der Waals surface area contributed by atoms with Crippen LogP contribution in [-0.4, -0.2) is 40.0 Å². The number of alkyl halides is 3. The van der Waals surface area contributed by atoms with Gasteiger partial charge >= 0.3 is 6.18 Å². The Morgan fingerprint density at radius 2 is 2.04 bits per heavy atom. The lowest BCUT2D eigenvalue weighted by Crippen LogP contribution is -2.33. The fourth-order valence-corrected chi connectivity index (χ4v) is 1.88. The number of benzene rings is 1. The van der Waals surface area contributed by atoms with E-state index < -0.39 is 24.8 Å². The second-order valence-electron chi connectivity index (χ2n) is 4.65. The molecule has 0 fully saturated rings. The third-order valence-electron chi connectivity index (χ3n) is 2.91. The summed E-state index contributed by atoms with van der Waals surface area (Å²) >= 11 is 0. The van der Waals surface area contributed by atoms with Gasteiger partial charge in [-0.1, -0.05) is 30.3 Å². The molecule has 2 rings (SSSR count). The highest BCUT2D eigenvalue weighted by atomic mass is 19.4. The minimum absolute atomic E-state index is 0.0459. The molecule has 1 N–H and O–H groups in total. The largest absolute Gasteiger partial charge is 0.418 e. The van der Waals surface area contributed by atoms with E-state index in [9.17, 15) is 18.0 Å². The van der Waals surface area contributed by atoms with Crippen LogP contribution in [0, 0.1) is 0 Å². The maximum atomic E-state index is 13.0. The molecule has 0 aliphatic heterocycles. The summed E-state index contributed by atoms with van der Waals surface area (Å²) in [7, 11) is 0. The molecule has 124 valence electrons. The molecule has 1 amide bonds. The lowest BCUT2D eigenvalue weighted by Gasteiger charge is -2.21. The van der Waals surface area contributed by atoms with Crippen LogP contribution in [0.15, 0.2) is 43.0 Å². The summed E-state index contributed by atoms with van der Waals surface area (Å²) in [6.07, 6.45) is -3.91. The van der Waals surface area contributed by atoms with E-state index in [0.717, 1.165) is 0 Å². The lowest BCUT2D eigenvalue weighted by atomic mass is 10.1. The topological polar surface area (TPSA) is 69.0 Å². The summed E-state index contributed by atoms with van der Waals surface area (Å²) in [6, 6.07) is 7.18. The standard InChI is InChI=1S/C14H15F3N4O2/c15-14(16,17)13(11-4-2-1-3-5-11)23-8-12(22)19-6-7-21-10-18-9-20-21/h1-5,9-10,13H,6-8H2,(H,19,22). The van der Waals surface area contributed by atoms with Crippen LogP contribution in [0.5, 0.6) is 0 Å². The molecule has 1 heterocycles. The van der Waals surface area contributed by atoms with Gasteiger partial charge in [-0.25, -0.2) is 4.98 Å². The zero-order chi connectivity index (χ0) is 16.7. The number of carbonyl (C=O) groups is 1. The van der Waals surface area contributed by atoms with Crippen LogP contribution >= 0.6 is 0 Å². The van der Waals surface area contributed by atoms with Gasteiger partial charge in [-0.15, -0.1) is 0 Å². The first-order chi connectivity index (χ1) is 11.0. The summed E-state index contributed by atoms with van der Waals surface area (Å²) in [5.74, 6) is -0.629. The molecule has 0 aliphatic carbocycles. The number of nitrogens with zero attached hydrogens (tertiary/aromatic N) is 3. The molecule has 0 spiro atoms. The Kier molecular flexibility index (Phi) is 5.69. The molecule has 0 bridgehead atoms. The molecule has 1 atom stereocenters. The smallest absolute Gasteiger partial charge is 0.354 e. The number of nitrogens with one attached hydrogen (secondary N) is 1. The first-order valence-corrected chi connectivity index (χ1v) is 6.79. The van der Waals surface area contributed by atoms with Gasteiger partial charge in [-0.05, 0) is 5.56 Å². The van der Waals surface area contributed by atoms with Crippen molar-refractivity contribution < 1.29 is 22.7 Å². The van der Waals surface area contributed by atoms with Crippen LogP contribution in [-0.2, 0) is 16.1 Å². The number of carbonyl (C=O) groups excluding carboxylic acids is 1. The second-order valence-corrected chi connectivity index (χ2v) is 4.65. The monoisotopic (exact) mass is 328 g/mol. The SMILES string of the molecule is O=C(COC(c1ccccc1)C(F)(F)F)NCCn1cncn1. The van der Waals surface area contributed by atoms with Gasteiger partial charge in [0, 0.05) is 6.54 Å². The van der Waals surface area contributed by atoms with Crippen LogP contribution in [0.2, 0.25) is 0 Å². The Labute approximate surface area is 130 Å². The third kappa shape index (κ3) is 5.37. The van der Waals surface area contributed by atoms with Gasteiger partial charge in [-0.2, -0.15) is 18.3 Å². The third-order valence-corrected chi connectivity index (χ3v) is 2.91. The van der Waals surface area contributed by atoms with Crippen molar-refractivity contribution in [3.8, 4) is 0 Å². The van der Waals surface area contributed by atoms with E-state index in [1.165, 1.54) is 41.6 Å². The van der Waals surface area contributed by atoms with E-state index in [0.29, 0.717) is 6.54 Å². The molecule has 0 radical (unpaired) electrons. The normalized spacial score (nSPS) is 12.8. The Morgan fingerprint density at radius 1 is 1.30 bits per heavy atom. The molecule has 2 aromatic rings. The molecule has 1 unspecified atom stereocenters. The van der Waals surface area contributed by atoms with E-state index in [1.54, 1.807) is 6.07 Å². The van der Waals surface area contributed by atoms with Gasteiger partial charge in [0.2, 0.25) is 5.91 Å². The Balaban J connectivity index is 1.82. The molecule has 0 saturated heterocycles. The summed E-state index contributed by atoms with van der Waals surface area (Å²) in [5, 5.41) is 6.29. The zero-order valence-corrected chi connectivity index (χ0v) is 12.0. The van der Waals surface area contributed by atoms with Crippen LogP contribution in [0.3, 0.4) is 0 Å². The number of hydrogen-bond donors (Lipinski definition) is 1. The molecule has 6 nitrogen and oxygen atoms in total. The van der Waals surface area contributed by atoms with Crippen molar-refractivity contribution in [2.24, 2.45) is 0 Å². The number of hydrogen-bond acceptors (Lipinski definition) is 4. The van der Waals surface area contributed by atoms with Crippen molar-refractivity contribution in [2.75, 3.05) is 13.2 Å². The van der Waals surface area contributed by atoms with Crippen molar-refractivity contribution in [1.29, 1.82) is 0 Å². The average Bonchev–Trinajstić information content (AvgIpc) is 3.00. The maximum Gasteiger partial charge on any atom is 0.418 e. The van der Waals surface area contributed by atoms with E-state index >= 15 is 0 Å². The fraction of sp³-hybridized carbons (Fsp3) is 0.357. The highest BCUT2D eigenvalue weighted by molar-refractivity contribution is 5.77. The first kappa shape index (κ1) is 16.9. The van der Waals surface area contributed by atoms with Gasteiger partial charge in [0.25, 0.3) is 0 Å². The number of rotatable bonds is 7. The van der Waals surface area contributed by atoms with E-state index in [4.69, 9.17) is 4.74 Å². The van der Waals surface area contributed by atoms with Crippen molar-refractivity contribution in [2.45, 2.75) is 18.8 Å². The first-order valence-electron chi connectivity index (χ1n) is 6.79. The van der Waals surface area contributed by atoms with E-state index in [1.807, 2.05) is 0 Å². The highest BCUT2D eigenvalue weighted by Gasteiger charge is 2.42. The molecular formula is C14H15F3N4O2. The fourth-order valence-electron chi connectivity index (χ4n) is 1.88. The Morgan fingerprint density at radius 3 is 2.65 bits per heavy atom. The summed E-state index contributed by atoms with van der Waals surface area (Å²) in [6.45, 7) is -0.100. The zero-order valence-electron chi connectivity index (χ0n) is 12.0. The number of ether oxygens (including phenoxy) is 1. The van der Waals surface area contributed by atoms with Crippen LogP contribution in [0.25, 0.3) is 0 Å². The molecule has 0 aliphatic rings. The Bertz CT molecular complexity index is 602. The molecule has 23 heavy (non-hydrogen) atoms. The van der Waals surface area contributed by atoms with E-state index in [2.05, 4.69) is 15.4 Å². The van der Waals surface area contributed by atoms with Crippen LogP contribution in [0.4, 0.5) is 13.2 Å². The quantitative estimate of drug-likeness (QED) is 0.840. The minimum atomic E-state index is -4.59. The lowest BCUT2D eigenvalue weighted by molar-refractivity contribution is -0.223. The Hall–Kier alpha value is -2.42. The predicted octanol–water partition coefficient (Wildman–Crippen LogP) is 1.71. The molecule has 9 heteroatoms. The van der Waals surface area contributed by atoms with Crippen LogP contribution in [0.1, 0.15) is 11.7 Å². The molecule has 1 aromatic heterocycles. The van der Waals surface area contributed by atoms with E-state index in [-0.39, 0.29) is 12.1 Å². The summed E-state index contributed by atoms with van der Waals surface area (Å²) in [4.78, 5) is 15.3. The minimum Gasteiger partial charge on any atom is -0.354 e. The molecular weight excluding hydrogens is 313 g/mol. The van der Waals surface area contributed by atoms with Crippen molar-refractivity contribution in [3.05, 3.63) is 48.5 Å². The van der Waals surface area contributed by atoms with Gasteiger partial charge in [-0.3, -0.25) is 9.48 Å². The molecule has 0 saturated carbocycles. The predicted molar refractivity (Wildman–Crippen MR) is 74.2 cm³/mol. The number of amides is 1. The van der Waals surface area contributed by atoms with Gasteiger partial charge < -0.3 is 10.1 Å². The molecule has 1 aromatic carbocycles. The van der Waals surface area contributed by atoms with Crippen molar-refractivity contribution >= 4 is 5.91 Å². The average molecular weight is 328 g/mol. The van der Waals surface area contributed by atoms with Gasteiger partial charge in [0.15, 0.2) is 6.10 Å². The van der Waals surface area contributed by atoms with Gasteiger partial charge in [0.05, 0.1) is 6.54 Å². The second kappa shape index (κ2) is 7.73. The number of aromatic nitrogens is 3. The van der Waals surface area contributed by atoms with Crippen molar-refractivity contribution in [1.82, 2.24) is 20.1 Å². The van der Waals surface area contributed by atoms with Crippen molar-refractivity contribution in [3.63, 3.8) is 0 Å². The van der Waals surface area contributed by atoms with Gasteiger partial charge in [0.1, 0.15) is 19.3 Å². The maximum absolute atomic E-state index is 13.0. The van der Waals surface area contributed by atoms with Crippen LogP contribution < -0.4 is 5.32 Å².